The van der Waals surface area contributed by atoms with Crippen LogP contribution in [0, 0.1) is 11.8 Å². The molecule has 0 saturated carbocycles. The molecule has 0 bridgehead atoms. The highest BCUT2D eigenvalue weighted by Gasteiger charge is 2.10. The molecular formula is C18H38O6. The monoisotopic (exact) mass is 350 g/mol. The molecule has 0 unspecified atom stereocenters. The third-order valence-corrected chi connectivity index (χ3v) is 3.41. The molecule has 2 atom stereocenters. The van der Waals surface area contributed by atoms with Crippen LogP contribution in [0.15, 0.2) is 0 Å². The smallest absolute Gasteiger partial charge is 0.0809 e. The molecule has 24 heavy (non-hydrogen) atoms. The second kappa shape index (κ2) is 16.2. The quantitative estimate of drug-likeness (QED) is 0.390. The SMILES string of the molecule is CC(C)C[C@@H](CO)OCCOCCOCCO[C@H](CO)CC(C)C. The van der Waals surface area contributed by atoms with Gasteiger partial charge < -0.3 is 29.2 Å². The van der Waals surface area contributed by atoms with Gasteiger partial charge in [-0.05, 0) is 24.7 Å². The Kier molecular flexibility index (Phi) is 16.1. The Bertz CT molecular complexity index is 234. The third kappa shape index (κ3) is 15.3. The van der Waals surface area contributed by atoms with Crippen LogP contribution in [-0.2, 0) is 18.9 Å². The lowest BCUT2D eigenvalue weighted by atomic mass is 10.1. The fraction of sp³-hybridized carbons (Fsp3) is 1.00. The van der Waals surface area contributed by atoms with Crippen LogP contribution >= 0.6 is 0 Å². The van der Waals surface area contributed by atoms with Crippen molar-refractivity contribution in [2.45, 2.75) is 52.7 Å². The predicted octanol–water partition coefficient (Wildman–Crippen LogP) is 1.87. The van der Waals surface area contributed by atoms with E-state index in [0.29, 0.717) is 51.5 Å². The van der Waals surface area contributed by atoms with Crippen LogP contribution < -0.4 is 0 Å². The zero-order chi connectivity index (χ0) is 18.2. The molecule has 0 spiro atoms. The Morgan fingerprint density at radius 2 is 0.917 bits per heavy atom. The average molecular weight is 350 g/mol. The topological polar surface area (TPSA) is 77.4 Å². The Balaban J connectivity index is 3.39. The van der Waals surface area contributed by atoms with E-state index >= 15 is 0 Å². The van der Waals surface area contributed by atoms with Crippen molar-refractivity contribution < 1.29 is 29.2 Å². The zero-order valence-electron chi connectivity index (χ0n) is 15.9. The second-order valence-electron chi connectivity index (χ2n) is 6.83. The molecule has 0 amide bonds. The maximum absolute atomic E-state index is 9.19. The zero-order valence-corrected chi connectivity index (χ0v) is 15.9. The first-order valence-electron chi connectivity index (χ1n) is 9.09. The molecule has 0 saturated heterocycles. The molecular weight excluding hydrogens is 312 g/mol. The first-order valence-corrected chi connectivity index (χ1v) is 9.09. The molecule has 6 nitrogen and oxygen atoms in total. The standard InChI is InChI=1S/C18H38O6/c1-15(2)11-17(13-19)23-9-7-21-5-6-22-8-10-24-18(14-20)12-16(3)4/h15-20H,5-14H2,1-4H3/t17-,18-/m0/s1. The highest BCUT2D eigenvalue weighted by atomic mass is 16.6. The summed E-state index contributed by atoms with van der Waals surface area (Å²) in [4.78, 5) is 0. The molecule has 0 aromatic heterocycles. The van der Waals surface area contributed by atoms with Gasteiger partial charge in [-0.25, -0.2) is 0 Å². The van der Waals surface area contributed by atoms with Crippen LogP contribution in [0.5, 0.6) is 0 Å². The van der Waals surface area contributed by atoms with Crippen LogP contribution in [0.1, 0.15) is 40.5 Å². The maximum Gasteiger partial charge on any atom is 0.0809 e. The van der Waals surface area contributed by atoms with E-state index in [2.05, 4.69) is 27.7 Å². The molecule has 0 heterocycles. The van der Waals surface area contributed by atoms with E-state index in [4.69, 9.17) is 18.9 Å². The summed E-state index contributed by atoms with van der Waals surface area (Å²) < 4.78 is 22.0. The molecule has 0 aliphatic rings. The normalized spacial score (nSPS) is 14.5. The fourth-order valence-corrected chi connectivity index (χ4v) is 2.31. The lowest BCUT2D eigenvalue weighted by Gasteiger charge is -2.18. The van der Waals surface area contributed by atoms with Gasteiger partial charge in [-0.2, -0.15) is 0 Å². The van der Waals surface area contributed by atoms with Crippen molar-refractivity contribution >= 4 is 0 Å². The van der Waals surface area contributed by atoms with E-state index in [9.17, 15) is 10.2 Å². The summed E-state index contributed by atoms with van der Waals surface area (Å²) >= 11 is 0. The highest BCUT2D eigenvalue weighted by molar-refractivity contribution is 4.59. The van der Waals surface area contributed by atoms with Gasteiger partial charge in [0.05, 0.1) is 65.1 Å². The van der Waals surface area contributed by atoms with E-state index in [1.54, 1.807) is 0 Å². The lowest BCUT2D eigenvalue weighted by Crippen LogP contribution is -2.23. The van der Waals surface area contributed by atoms with Crippen molar-refractivity contribution in [2.24, 2.45) is 11.8 Å². The molecule has 0 fully saturated rings. The average Bonchev–Trinajstić information content (AvgIpc) is 2.53. The number of aliphatic hydroxyl groups excluding tert-OH is 2. The minimum atomic E-state index is -0.104. The predicted molar refractivity (Wildman–Crippen MR) is 94.2 cm³/mol. The number of rotatable bonds is 17. The molecule has 0 aliphatic heterocycles. The van der Waals surface area contributed by atoms with Crippen LogP contribution in [0.3, 0.4) is 0 Å². The van der Waals surface area contributed by atoms with E-state index in [1.807, 2.05) is 0 Å². The van der Waals surface area contributed by atoms with Crippen LogP contribution in [-0.4, -0.2) is 75.3 Å². The maximum atomic E-state index is 9.19. The van der Waals surface area contributed by atoms with Gasteiger partial charge in [-0.3, -0.25) is 0 Å². The summed E-state index contributed by atoms with van der Waals surface area (Å²) in [6, 6.07) is 0. The van der Waals surface area contributed by atoms with Gasteiger partial charge in [0.2, 0.25) is 0 Å². The third-order valence-electron chi connectivity index (χ3n) is 3.41. The van der Waals surface area contributed by atoms with Crippen molar-refractivity contribution in [3.63, 3.8) is 0 Å². The summed E-state index contributed by atoms with van der Waals surface area (Å²) in [7, 11) is 0. The van der Waals surface area contributed by atoms with Crippen molar-refractivity contribution in [1.29, 1.82) is 0 Å². The number of hydrogen-bond acceptors (Lipinski definition) is 6. The van der Waals surface area contributed by atoms with E-state index in [0.717, 1.165) is 12.8 Å². The Hall–Kier alpha value is -0.240. The van der Waals surface area contributed by atoms with Gasteiger partial charge >= 0.3 is 0 Å². The molecule has 2 N–H and O–H groups in total. The van der Waals surface area contributed by atoms with Gasteiger partial charge in [0.15, 0.2) is 0 Å². The summed E-state index contributed by atoms with van der Waals surface area (Å²) in [6.45, 7) is 11.5. The van der Waals surface area contributed by atoms with Crippen LogP contribution in [0.4, 0.5) is 0 Å². The minimum absolute atomic E-state index is 0.0485. The minimum Gasteiger partial charge on any atom is -0.394 e. The largest absolute Gasteiger partial charge is 0.394 e. The molecule has 0 radical (unpaired) electrons. The first-order chi connectivity index (χ1) is 11.5. The van der Waals surface area contributed by atoms with Crippen molar-refractivity contribution in [1.82, 2.24) is 0 Å². The Morgan fingerprint density at radius 1 is 0.583 bits per heavy atom. The van der Waals surface area contributed by atoms with Gasteiger partial charge in [0, 0.05) is 0 Å². The second-order valence-corrected chi connectivity index (χ2v) is 6.83. The number of ether oxygens (including phenoxy) is 4. The van der Waals surface area contributed by atoms with Crippen LogP contribution in [0.2, 0.25) is 0 Å². The highest BCUT2D eigenvalue weighted by Crippen LogP contribution is 2.08. The Labute approximate surface area is 147 Å². The van der Waals surface area contributed by atoms with Crippen LogP contribution in [0.25, 0.3) is 0 Å². The molecule has 146 valence electrons. The Morgan fingerprint density at radius 3 is 1.21 bits per heavy atom. The number of hydrogen-bond donors (Lipinski definition) is 2. The molecule has 0 aliphatic carbocycles. The molecule has 0 aromatic rings. The van der Waals surface area contributed by atoms with Crippen molar-refractivity contribution in [3.05, 3.63) is 0 Å². The lowest BCUT2D eigenvalue weighted by molar-refractivity contribution is -0.0482. The summed E-state index contributed by atoms with van der Waals surface area (Å²) in [5.74, 6) is 1.01. The van der Waals surface area contributed by atoms with E-state index in [-0.39, 0.29) is 25.4 Å². The van der Waals surface area contributed by atoms with E-state index < -0.39 is 0 Å². The van der Waals surface area contributed by atoms with Crippen molar-refractivity contribution in [3.8, 4) is 0 Å². The number of aliphatic hydroxyl groups is 2. The van der Waals surface area contributed by atoms with Gasteiger partial charge in [-0.15, -0.1) is 0 Å². The fourth-order valence-electron chi connectivity index (χ4n) is 2.31. The van der Waals surface area contributed by atoms with Gasteiger partial charge in [0.1, 0.15) is 0 Å². The molecule has 0 rings (SSSR count). The van der Waals surface area contributed by atoms with E-state index in [1.165, 1.54) is 0 Å². The summed E-state index contributed by atoms with van der Waals surface area (Å²) in [5.41, 5.74) is 0. The molecule has 6 heteroatoms. The first kappa shape index (κ1) is 23.8. The molecule has 0 aromatic carbocycles. The van der Waals surface area contributed by atoms with Gasteiger partial charge in [0.25, 0.3) is 0 Å². The summed E-state index contributed by atoms with van der Waals surface area (Å²) in [6.07, 6.45) is 1.50. The van der Waals surface area contributed by atoms with Crippen molar-refractivity contribution in [2.75, 3.05) is 52.9 Å². The van der Waals surface area contributed by atoms with Gasteiger partial charge in [-0.1, -0.05) is 27.7 Å². The summed E-state index contributed by atoms with van der Waals surface area (Å²) in [5, 5.41) is 18.4.